The molecule has 4 rings (SSSR count). The van der Waals surface area contributed by atoms with Crippen LogP contribution in [0.4, 0.5) is 0 Å². The van der Waals surface area contributed by atoms with Gasteiger partial charge in [0.1, 0.15) is 11.8 Å². The standard InChI is InChI=1S/C20H14N4O/c21-11-13-3-1-4-15(9-13)20-24-17-10-14(6-7-18(17)25-20)19-16(12-22)5-2-8-23-19/h1-5,8-9,14H,6-7,10H2. The molecule has 0 bridgehead atoms. The molecule has 1 aliphatic carbocycles. The number of rotatable bonds is 2. The van der Waals surface area contributed by atoms with Gasteiger partial charge < -0.3 is 4.42 Å². The van der Waals surface area contributed by atoms with Gasteiger partial charge in [0.15, 0.2) is 0 Å². The van der Waals surface area contributed by atoms with Gasteiger partial charge in [-0.3, -0.25) is 4.98 Å². The lowest BCUT2D eigenvalue weighted by Gasteiger charge is -2.20. The van der Waals surface area contributed by atoms with Gasteiger partial charge in [-0.15, -0.1) is 0 Å². The molecule has 1 aromatic carbocycles. The second-order valence-corrected chi connectivity index (χ2v) is 6.07. The van der Waals surface area contributed by atoms with E-state index in [-0.39, 0.29) is 5.92 Å². The Morgan fingerprint density at radius 1 is 1.12 bits per heavy atom. The van der Waals surface area contributed by atoms with E-state index in [0.29, 0.717) is 23.4 Å². The molecule has 0 saturated carbocycles. The molecule has 3 aromatic rings. The Morgan fingerprint density at radius 2 is 2.04 bits per heavy atom. The zero-order chi connectivity index (χ0) is 17.2. The van der Waals surface area contributed by atoms with Crippen LogP contribution >= 0.6 is 0 Å². The SMILES string of the molecule is N#Cc1cccc(-c2nc3c(o2)CCC(c2ncccc2C#N)C3)c1. The van der Waals surface area contributed by atoms with Crippen LogP contribution in [0.1, 0.15) is 40.6 Å². The van der Waals surface area contributed by atoms with Crippen LogP contribution in [0.5, 0.6) is 0 Å². The number of oxazole rings is 1. The molecule has 1 unspecified atom stereocenters. The third-order valence-corrected chi connectivity index (χ3v) is 4.52. The van der Waals surface area contributed by atoms with E-state index in [2.05, 4.69) is 22.1 Å². The van der Waals surface area contributed by atoms with E-state index in [1.807, 2.05) is 12.1 Å². The van der Waals surface area contributed by atoms with Gasteiger partial charge in [0.05, 0.1) is 28.6 Å². The van der Waals surface area contributed by atoms with Crippen molar-refractivity contribution in [1.82, 2.24) is 9.97 Å². The molecule has 0 radical (unpaired) electrons. The minimum absolute atomic E-state index is 0.173. The number of nitrogens with zero attached hydrogens (tertiary/aromatic N) is 4. The summed E-state index contributed by atoms with van der Waals surface area (Å²) in [5.41, 5.74) is 3.77. The van der Waals surface area contributed by atoms with Crippen LogP contribution in [0.3, 0.4) is 0 Å². The Bertz CT molecular complexity index is 1020. The molecule has 0 saturated heterocycles. The first-order chi connectivity index (χ1) is 12.3. The third-order valence-electron chi connectivity index (χ3n) is 4.52. The van der Waals surface area contributed by atoms with Crippen LogP contribution in [0.15, 0.2) is 47.0 Å². The zero-order valence-corrected chi connectivity index (χ0v) is 13.4. The molecule has 0 N–H and O–H groups in total. The van der Waals surface area contributed by atoms with Crippen molar-refractivity contribution in [1.29, 1.82) is 10.5 Å². The maximum absolute atomic E-state index is 9.30. The van der Waals surface area contributed by atoms with Crippen molar-refractivity contribution in [2.24, 2.45) is 0 Å². The van der Waals surface area contributed by atoms with Crippen molar-refractivity contribution in [3.63, 3.8) is 0 Å². The van der Waals surface area contributed by atoms with Gasteiger partial charge in [-0.2, -0.15) is 10.5 Å². The predicted octanol–water partition coefficient (Wildman–Crippen LogP) is 3.75. The largest absolute Gasteiger partial charge is 0.441 e. The fourth-order valence-corrected chi connectivity index (χ4v) is 3.29. The lowest BCUT2D eigenvalue weighted by Crippen LogP contribution is -2.14. The van der Waals surface area contributed by atoms with E-state index in [0.717, 1.165) is 35.6 Å². The van der Waals surface area contributed by atoms with Crippen molar-refractivity contribution in [2.45, 2.75) is 25.2 Å². The Balaban J connectivity index is 1.66. The lowest BCUT2D eigenvalue weighted by molar-refractivity contribution is 0.461. The molecule has 0 aliphatic heterocycles. The molecule has 5 nitrogen and oxygen atoms in total. The third kappa shape index (κ3) is 2.77. The first-order valence-corrected chi connectivity index (χ1v) is 8.12. The average molecular weight is 326 g/mol. The molecule has 25 heavy (non-hydrogen) atoms. The highest BCUT2D eigenvalue weighted by atomic mass is 16.4. The van der Waals surface area contributed by atoms with E-state index < -0.39 is 0 Å². The molecule has 120 valence electrons. The summed E-state index contributed by atoms with van der Waals surface area (Å²) < 4.78 is 5.93. The van der Waals surface area contributed by atoms with E-state index in [9.17, 15) is 5.26 Å². The molecular formula is C20H14N4O. The molecule has 1 atom stereocenters. The van der Waals surface area contributed by atoms with E-state index in [1.54, 1.807) is 30.5 Å². The van der Waals surface area contributed by atoms with Crippen molar-refractivity contribution < 1.29 is 4.42 Å². The predicted molar refractivity (Wildman–Crippen MR) is 90.4 cm³/mol. The van der Waals surface area contributed by atoms with Crippen molar-refractivity contribution in [3.8, 4) is 23.6 Å². The number of fused-ring (bicyclic) bond motifs is 1. The summed E-state index contributed by atoms with van der Waals surface area (Å²) in [4.78, 5) is 9.06. The summed E-state index contributed by atoms with van der Waals surface area (Å²) in [7, 11) is 0. The number of nitriles is 2. The molecule has 2 aromatic heterocycles. The normalized spacial score (nSPS) is 15.8. The topological polar surface area (TPSA) is 86.5 Å². The molecule has 0 fully saturated rings. The molecule has 2 heterocycles. The highest BCUT2D eigenvalue weighted by molar-refractivity contribution is 5.57. The van der Waals surface area contributed by atoms with E-state index in [1.165, 1.54) is 0 Å². The van der Waals surface area contributed by atoms with Crippen molar-refractivity contribution >= 4 is 0 Å². The first-order valence-electron chi connectivity index (χ1n) is 8.12. The second-order valence-electron chi connectivity index (χ2n) is 6.07. The maximum Gasteiger partial charge on any atom is 0.226 e. The number of benzene rings is 1. The molecular weight excluding hydrogens is 312 g/mol. The minimum atomic E-state index is 0.173. The zero-order valence-electron chi connectivity index (χ0n) is 13.4. The summed E-state index contributed by atoms with van der Waals surface area (Å²) >= 11 is 0. The monoisotopic (exact) mass is 326 g/mol. The second kappa shape index (κ2) is 6.22. The molecule has 5 heteroatoms. The number of aryl methyl sites for hydroxylation is 1. The first kappa shape index (κ1) is 15.1. The highest BCUT2D eigenvalue weighted by Gasteiger charge is 2.27. The molecule has 0 amide bonds. The van der Waals surface area contributed by atoms with Crippen molar-refractivity contribution in [3.05, 3.63) is 70.9 Å². The molecule has 0 spiro atoms. The number of hydrogen-bond acceptors (Lipinski definition) is 5. The van der Waals surface area contributed by atoms with Crippen LogP contribution in [0, 0.1) is 22.7 Å². The smallest absolute Gasteiger partial charge is 0.226 e. The minimum Gasteiger partial charge on any atom is -0.441 e. The van der Waals surface area contributed by atoms with Gasteiger partial charge in [0, 0.05) is 30.5 Å². The maximum atomic E-state index is 9.30. The van der Waals surface area contributed by atoms with Gasteiger partial charge >= 0.3 is 0 Å². The van der Waals surface area contributed by atoms with Gasteiger partial charge in [0.25, 0.3) is 0 Å². The summed E-state index contributed by atoms with van der Waals surface area (Å²) in [6.45, 7) is 0. The quantitative estimate of drug-likeness (QED) is 0.715. The highest BCUT2D eigenvalue weighted by Crippen LogP contribution is 2.35. The van der Waals surface area contributed by atoms with Gasteiger partial charge in [0.2, 0.25) is 5.89 Å². The fourth-order valence-electron chi connectivity index (χ4n) is 3.29. The summed E-state index contributed by atoms with van der Waals surface area (Å²) in [6.07, 6.45) is 4.09. The van der Waals surface area contributed by atoms with Crippen LogP contribution in [0.2, 0.25) is 0 Å². The van der Waals surface area contributed by atoms with Crippen LogP contribution < -0.4 is 0 Å². The van der Waals surface area contributed by atoms with Crippen LogP contribution in [0.25, 0.3) is 11.5 Å². The van der Waals surface area contributed by atoms with Crippen LogP contribution in [-0.4, -0.2) is 9.97 Å². The number of aromatic nitrogens is 2. The lowest BCUT2D eigenvalue weighted by atomic mass is 9.86. The fraction of sp³-hybridized carbons (Fsp3) is 0.200. The molecule has 1 aliphatic rings. The summed E-state index contributed by atoms with van der Waals surface area (Å²) in [5, 5.41) is 18.3. The van der Waals surface area contributed by atoms with Crippen LogP contribution in [-0.2, 0) is 12.8 Å². The number of pyridine rings is 1. The van der Waals surface area contributed by atoms with Gasteiger partial charge in [-0.1, -0.05) is 6.07 Å². The van der Waals surface area contributed by atoms with Crippen molar-refractivity contribution in [2.75, 3.05) is 0 Å². The van der Waals surface area contributed by atoms with Gasteiger partial charge in [-0.05, 0) is 36.8 Å². The Morgan fingerprint density at radius 3 is 2.88 bits per heavy atom. The van der Waals surface area contributed by atoms with Gasteiger partial charge in [-0.25, -0.2) is 4.98 Å². The van der Waals surface area contributed by atoms with E-state index >= 15 is 0 Å². The average Bonchev–Trinajstić information content (AvgIpc) is 3.11. The Kier molecular flexibility index (Phi) is 3.76. The van der Waals surface area contributed by atoms with E-state index in [4.69, 9.17) is 9.68 Å². The Labute approximate surface area is 145 Å². The summed E-state index contributed by atoms with van der Waals surface area (Å²) in [6, 6.07) is 15.2. The Hall–Kier alpha value is -3.44. The summed E-state index contributed by atoms with van der Waals surface area (Å²) in [5.74, 6) is 1.61. The number of hydrogen-bond donors (Lipinski definition) is 0.